The number of nitrogens with zero attached hydrogens (tertiary/aromatic N) is 1. The number of ether oxygens (including phenoxy) is 2. The molecule has 0 unspecified atom stereocenters. The molecule has 3 aromatic rings. The van der Waals surface area contributed by atoms with E-state index in [1.807, 2.05) is 31.2 Å². The SMILES string of the molecule is CCOCc1ccc(-c2nc3sc(C(=O)OCC)c(C)c3c(=O)[nH]2)cc1. The fourth-order valence-corrected chi connectivity index (χ4v) is 3.73. The normalized spacial score (nSPS) is 11.0. The predicted octanol–water partition coefficient (Wildman–Crippen LogP) is 3.67. The molecule has 0 spiro atoms. The first-order valence-electron chi connectivity index (χ1n) is 8.42. The van der Waals surface area contributed by atoms with Crippen LogP contribution in [0, 0.1) is 6.92 Å². The van der Waals surface area contributed by atoms with Gasteiger partial charge < -0.3 is 14.5 Å². The second-order valence-corrected chi connectivity index (χ2v) is 6.70. The highest BCUT2D eigenvalue weighted by atomic mass is 32.1. The van der Waals surface area contributed by atoms with Crippen LogP contribution in [0.2, 0.25) is 0 Å². The third-order valence-electron chi connectivity index (χ3n) is 3.96. The Bertz CT molecular complexity index is 989. The lowest BCUT2D eigenvalue weighted by Crippen LogP contribution is -2.10. The third-order valence-corrected chi connectivity index (χ3v) is 5.13. The van der Waals surface area contributed by atoms with Crippen molar-refractivity contribution in [2.45, 2.75) is 27.4 Å². The summed E-state index contributed by atoms with van der Waals surface area (Å²) in [4.78, 5) is 32.9. The second kappa shape index (κ2) is 7.80. The summed E-state index contributed by atoms with van der Waals surface area (Å²) in [6.07, 6.45) is 0. The van der Waals surface area contributed by atoms with Gasteiger partial charge in [0.25, 0.3) is 5.56 Å². The number of rotatable bonds is 6. The minimum Gasteiger partial charge on any atom is -0.462 e. The number of H-pyrrole nitrogens is 1. The molecule has 0 radical (unpaired) electrons. The molecule has 0 aliphatic carbocycles. The molecule has 0 fully saturated rings. The zero-order valence-electron chi connectivity index (χ0n) is 14.9. The highest BCUT2D eigenvalue weighted by Crippen LogP contribution is 2.29. The van der Waals surface area contributed by atoms with Crippen LogP contribution in [0.3, 0.4) is 0 Å². The first kappa shape index (κ1) is 18.3. The molecule has 0 saturated carbocycles. The molecule has 0 atom stereocenters. The van der Waals surface area contributed by atoms with Crippen LogP contribution in [-0.2, 0) is 16.1 Å². The van der Waals surface area contributed by atoms with Gasteiger partial charge in [-0.3, -0.25) is 4.79 Å². The van der Waals surface area contributed by atoms with Gasteiger partial charge in [-0.2, -0.15) is 0 Å². The Labute approximate surface area is 154 Å². The van der Waals surface area contributed by atoms with E-state index in [-0.39, 0.29) is 12.2 Å². The molecule has 7 heteroatoms. The van der Waals surface area contributed by atoms with E-state index >= 15 is 0 Å². The van der Waals surface area contributed by atoms with Crippen molar-refractivity contribution in [2.75, 3.05) is 13.2 Å². The Morgan fingerprint density at radius 3 is 2.58 bits per heavy atom. The molecular weight excluding hydrogens is 352 g/mol. The predicted molar refractivity (Wildman–Crippen MR) is 102 cm³/mol. The smallest absolute Gasteiger partial charge is 0.348 e. The Hall–Kier alpha value is -2.51. The van der Waals surface area contributed by atoms with Gasteiger partial charge >= 0.3 is 5.97 Å². The molecule has 2 aromatic heterocycles. The average Bonchev–Trinajstić information content (AvgIpc) is 2.98. The maximum atomic E-state index is 12.5. The number of hydrogen-bond acceptors (Lipinski definition) is 6. The molecular formula is C19H20N2O4S. The molecule has 0 amide bonds. The highest BCUT2D eigenvalue weighted by Gasteiger charge is 2.20. The van der Waals surface area contributed by atoms with Crippen molar-refractivity contribution in [3.63, 3.8) is 0 Å². The maximum Gasteiger partial charge on any atom is 0.348 e. The molecule has 1 aromatic carbocycles. The molecule has 0 saturated heterocycles. The van der Waals surface area contributed by atoms with Crippen LogP contribution in [0.1, 0.15) is 34.6 Å². The number of aryl methyl sites for hydroxylation is 1. The largest absolute Gasteiger partial charge is 0.462 e. The first-order chi connectivity index (χ1) is 12.5. The number of carbonyl (C=O) groups excluding carboxylic acids is 1. The Kier molecular flexibility index (Phi) is 5.49. The van der Waals surface area contributed by atoms with Crippen molar-refractivity contribution in [3.05, 3.63) is 50.6 Å². The molecule has 6 nitrogen and oxygen atoms in total. The van der Waals surface area contributed by atoms with E-state index < -0.39 is 5.97 Å². The topological polar surface area (TPSA) is 81.3 Å². The lowest BCUT2D eigenvalue weighted by atomic mass is 10.1. The Morgan fingerprint density at radius 2 is 1.92 bits per heavy atom. The summed E-state index contributed by atoms with van der Waals surface area (Å²) in [7, 11) is 0. The van der Waals surface area contributed by atoms with Crippen molar-refractivity contribution in [2.24, 2.45) is 0 Å². The van der Waals surface area contributed by atoms with E-state index in [1.165, 1.54) is 11.3 Å². The summed E-state index contributed by atoms with van der Waals surface area (Å²) in [5, 5.41) is 0.440. The third kappa shape index (κ3) is 3.54. The highest BCUT2D eigenvalue weighted by molar-refractivity contribution is 7.20. The summed E-state index contributed by atoms with van der Waals surface area (Å²) < 4.78 is 10.4. The number of fused-ring (bicyclic) bond motifs is 1. The Morgan fingerprint density at radius 1 is 1.19 bits per heavy atom. The van der Waals surface area contributed by atoms with E-state index in [2.05, 4.69) is 9.97 Å². The van der Waals surface area contributed by atoms with Gasteiger partial charge in [-0.05, 0) is 31.9 Å². The number of aromatic amines is 1. The van der Waals surface area contributed by atoms with Crippen molar-refractivity contribution >= 4 is 27.5 Å². The zero-order chi connectivity index (χ0) is 18.7. The fourth-order valence-electron chi connectivity index (χ4n) is 2.65. The molecule has 136 valence electrons. The minimum absolute atomic E-state index is 0.257. The standard InChI is InChI=1S/C19H20N2O4S/c1-4-24-10-12-6-8-13(9-7-12)16-20-17(22)14-11(3)15(19(23)25-5-2)26-18(14)21-16/h6-9H,4-5,10H2,1-3H3,(H,20,21,22). The van der Waals surface area contributed by atoms with Gasteiger partial charge in [-0.1, -0.05) is 24.3 Å². The first-order valence-corrected chi connectivity index (χ1v) is 9.24. The van der Waals surface area contributed by atoms with Gasteiger partial charge in [0.15, 0.2) is 0 Å². The van der Waals surface area contributed by atoms with Crippen LogP contribution in [0.15, 0.2) is 29.1 Å². The van der Waals surface area contributed by atoms with Gasteiger partial charge in [0, 0.05) is 12.2 Å². The summed E-state index contributed by atoms with van der Waals surface area (Å²) in [5.74, 6) is 0.0522. The quantitative estimate of drug-likeness (QED) is 0.668. The van der Waals surface area contributed by atoms with Crippen molar-refractivity contribution < 1.29 is 14.3 Å². The second-order valence-electron chi connectivity index (χ2n) is 5.71. The Balaban J connectivity index is 2.00. The lowest BCUT2D eigenvalue weighted by Gasteiger charge is -2.04. The summed E-state index contributed by atoms with van der Waals surface area (Å²) >= 11 is 1.18. The van der Waals surface area contributed by atoms with Gasteiger partial charge in [0.2, 0.25) is 0 Å². The van der Waals surface area contributed by atoms with Crippen LogP contribution in [0.5, 0.6) is 0 Å². The molecule has 0 aliphatic rings. The number of hydrogen-bond donors (Lipinski definition) is 1. The molecule has 26 heavy (non-hydrogen) atoms. The average molecular weight is 372 g/mol. The van der Waals surface area contributed by atoms with Crippen LogP contribution in [-0.4, -0.2) is 29.2 Å². The molecule has 0 aliphatic heterocycles. The zero-order valence-corrected chi connectivity index (χ0v) is 15.7. The van der Waals surface area contributed by atoms with Crippen LogP contribution in [0.25, 0.3) is 21.6 Å². The van der Waals surface area contributed by atoms with Crippen LogP contribution < -0.4 is 5.56 Å². The minimum atomic E-state index is -0.422. The van der Waals surface area contributed by atoms with Crippen molar-refractivity contribution in [3.8, 4) is 11.4 Å². The number of thiophene rings is 1. The number of aromatic nitrogens is 2. The van der Waals surface area contributed by atoms with Crippen molar-refractivity contribution in [1.82, 2.24) is 9.97 Å². The summed E-state index contributed by atoms with van der Waals surface area (Å²) in [5.41, 5.74) is 2.20. The lowest BCUT2D eigenvalue weighted by molar-refractivity contribution is 0.0531. The van der Waals surface area contributed by atoms with E-state index in [9.17, 15) is 9.59 Å². The number of esters is 1. The van der Waals surface area contributed by atoms with Crippen LogP contribution >= 0.6 is 11.3 Å². The molecule has 3 rings (SSSR count). The van der Waals surface area contributed by atoms with E-state index in [1.54, 1.807) is 13.8 Å². The summed E-state index contributed by atoms with van der Waals surface area (Å²) in [6, 6.07) is 7.67. The molecule has 0 bridgehead atoms. The van der Waals surface area contributed by atoms with E-state index in [4.69, 9.17) is 9.47 Å². The van der Waals surface area contributed by atoms with Gasteiger partial charge in [-0.15, -0.1) is 11.3 Å². The van der Waals surface area contributed by atoms with E-state index in [0.29, 0.717) is 39.7 Å². The van der Waals surface area contributed by atoms with E-state index in [0.717, 1.165) is 11.1 Å². The monoisotopic (exact) mass is 372 g/mol. The summed E-state index contributed by atoms with van der Waals surface area (Å²) in [6.45, 7) is 6.94. The van der Waals surface area contributed by atoms with Gasteiger partial charge in [0.05, 0.1) is 18.6 Å². The van der Waals surface area contributed by atoms with Gasteiger partial charge in [-0.25, -0.2) is 9.78 Å². The van der Waals surface area contributed by atoms with Crippen LogP contribution in [0.4, 0.5) is 0 Å². The van der Waals surface area contributed by atoms with Crippen molar-refractivity contribution in [1.29, 1.82) is 0 Å². The maximum absolute atomic E-state index is 12.5. The number of benzene rings is 1. The molecule has 2 heterocycles. The number of nitrogens with one attached hydrogen (secondary N) is 1. The number of carbonyl (C=O) groups is 1. The molecule has 1 N–H and O–H groups in total. The fraction of sp³-hybridized carbons (Fsp3) is 0.316. The van der Waals surface area contributed by atoms with Gasteiger partial charge in [0.1, 0.15) is 15.5 Å².